The second kappa shape index (κ2) is 7.38. The lowest BCUT2D eigenvalue weighted by atomic mass is 10.2. The molecule has 0 aromatic carbocycles. The van der Waals surface area contributed by atoms with Crippen molar-refractivity contribution in [1.82, 2.24) is 14.9 Å². The summed E-state index contributed by atoms with van der Waals surface area (Å²) in [4.78, 5) is 11.3. The van der Waals surface area contributed by atoms with Gasteiger partial charge in [0.15, 0.2) is 0 Å². The SMILES string of the molecule is CCN1CCOC(CNc2nc(C(C)C)nc(Cl)c2C)C1. The summed E-state index contributed by atoms with van der Waals surface area (Å²) in [6.07, 6.45) is 0.189. The molecule has 0 aliphatic carbocycles. The minimum Gasteiger partial charge on any atom is -0.374 e. The van der Waals surface area contributed by atoms with Gasteiger partial charge in [-0.2, -0.15) is 0 Å². The Hall–Kier alpha value is -0.910. The van der Waals surface area contributed by atoms with Crippen LogP contribution in [0.3, 0.4) is 0 Å². The van der Waals surface area contributed by atoms with Crippen molar-refractivity contribution >= 4 is 17.4 Å². The Morgan fingerprint density at radius 1 is 1.43 bits per heavy atom. The third kappa shape index (κ3) is 4.28. The largest absolute Gasteiger partial charge is 0.374 e. The van der Waals surface area contributed by atoms with Gasteiger partial charge in [0.1, 0.15) is 16.8 Å². The van der Waals surface area contributed by atoms with Crippen LogP contribution in [0.25, 0.3) is 0 Å². The standard InChI is InChI=1S/C15H25ClN4O/c1-5-20-6-7-21-12(9-20)8-17-15-11(4)13(16)18-14(19-15)10(2)3/h10,12H,5-9H2,1-4H3,(H,17,18,19). The fraction of sp³-hybridized carbons (Fsp3) is 0.733. The van der Waals surface area contributed by atoms with Crippen molar-refractivity contribution in [1.29, 1.82) is 0 Å². The Morgan fingerprint density at radius 2 is 2.19 bits per heavy atom. The summed E-state index contributed by atoms with van der Waals surface area (Å²) in [5, 5.41) is 3.90. The molecule has 21 heavy (non-hydrogen) atoms. The van der Waals surface area contributed by atoms with Crippen molar-refractivity contribution in [3.63, 3.8) is 0 Å². The van der Waals surface area contributed by atoms with Crippen LogP contribution >= 0.6 is 11.6 Å². The smallest absolute Gasteiger partial charge is 0.137 e. The van der Waals surface area contributed by atoms with Crippen molar-refractivity contribution in [2.75, 3.05) is 38.1 Å². The first-order chi connectivity index (χ1) is 10.0. The van der Waals surface area contributed by atoms with Crippen LogP contribution in [-0.4, -0.2) is 53.8 Å². The van der Waals surface area contributed by atoms with Crippen molar-refractivity contribution in [2.45, 2.75) is 39.7 Å². The maximum atomic E-state index is 6.20. The van der Waals surface area contributed by atoms with Gasteiger partial charge in [-0.3, -0.25) is 4.90 Å². The molecule has 0 bridgehead atoms. The van der Waals surface area contributed by atoms with Gasteiger partial charge in [-0.1, -0.05) is 32.4 Å². The van der Waals surface area contributed by atoms with Crippen LogP contribution in [0.5, 0.6) is 0 Å². The summed E-state index contributed by atoms with van der Waals surface area (Å²) >= 11 is 6.20. The number of anilines is 1. The third-order valence-electron chi connectivity index (χ3n) is 3.79. The second-order valence-corrected chi connectivity index (χ2v) is 6.13. The lowest BCUT2D eigenvalue weighted by molar-refractivity contribution is -0.0192. The molecule has 0 radical (unpaired) electrons. The number of ether oxygens (including phenoxy) is 1. The number of hydrogen-bond acceptors (Lipinski definition) is 5. The van der Waals surface area contributed by atoms with E-state index in [1.807, 2.05) is 6.92 Å². The zero-order valence-electron chi connectivity index (χ0n) is 13.3. The number of nitrogens with one attached hydrogen (secondary N) is 1. The lowest BCUT2D eigenvalue weighted by Crippen LogP contribution is -2.45. The fourth-order valence-corrected chi connectivity index (χ4v) is 2.51. The van der Waals surface area contributed by atoms with E-state index in [1.165, 1.54) is 0 Å². The molecule has 0 spiro atoms. The predicted octanol–water partition coefficient (Wildman–Crippen LogP) is 2.69. The maximum absolute atomic E-state index is 6.20. The van der Waals surface area contributed by atoms with Gasteiger partial charge in [-0.05, 0) is 13.5 Å². The number of likely N-dealkylation sites (N-methyl/N-ethyl adjacent to an activating group) is 1. The lowest BCUT2D eigenvalue weighted by Gasteiger charge is -2.32. The summed E-state index contributed by atoms with van der Waals surface area (Å²) < 4.78 is 5.80. The normalized spacial score (nSPS) is 20.0. The van der Waals surface area contributed by atoms with Gasteiger partial charge in [-0.15, -0.1) is 0 Å². The van der Waals surface area contributed by atoms with E-state index in [1.54, 1.807) is 0 Å². The number of rotatable bonds is 5. The van der Waals surface area contributed by atoms with E-state index in [9.17, 15) is 0 Å². The molecule has 118 valence electrons. The van der Waals surface area contributed by atoms with Crippen LogP contribution in [0.15, 0.2) is 0 Å². The van der Waals surface area contributed by atoms with Gasteiger partial charge in [-0.25, -0.2) is 9.97 Å². The van der Waals surface area contributed by atoms with E-state index < -0.39 is 0 Å². The molecule has 1 saturated heterocycles. The van der Waals surface area contributed by atoms with Gasteiger partial charge in [0.25, 0.3) is 0 Å². The molecule has 5 nitrogen and oxygen atoms in total. The van der Waals surface area contributed by atoms with Gasteiger partial charge in [0, 0.05) is 31.1 Å². The van der Waals surface area contributed by atoms with E-state index in [-0.39, 0.29) is 12.0 Å². The zero-order valence-corrected chi connectivity index (χ0v) is 14.1. The highest BCUT2D eigenvalue weighted by Gasteiger charge is 2.20. The number of morpholine rings is 1. The first-order valence-electron chi connectivity index (χ1n) is 7.63. The number of aromatic nitrogens is 2. The van der Waals surface area contributed by atoms with Crippen molar-refractivity contribution in [2.24, 2.45) is 0 Å². The van der Waals surface area contributed by atoms with Gasteiger partial charge < -0.3 is 10.1 Å². The van der Waals surface area contributed by atoms with Gasteiger partial charge >= 0.3 is 0 Å². The van der Waals surface area contributed by atoms with Crippen LogP contribution in [0.4, 0.5) is 5.82 Å². The molecular weight excluding hydrogens is 288 g/mol. The first-order valence-corrected chi connectivity index (χ1v) is 8.00. The first kappa shape index (κ1) is 16.5. The van der Waals surface area contributed by atoms with E-state index >= 15 is 0 Å². The zero-order chi connectivity index (χ0) is 15.4. The van der Waals surface area contributed by atoms with Crippen LogP contribution < -0.4 is 5.32 Å². The van der Waals surface area contributed by atoms with Gasteiger partial charge in [0.2, 0.25) is 0 Å². The molecule has 1 aromatic heterocycles. The van der Waals surface area contributed by atoms with Crippen molar-refractivity contribution in [3.8, 4) is 0 Å². The van der Waals surface area contributed by atoms with E-state index in [0.717, 1.165) is 50.0 Å². The van der Waals surface area contributed by atoms with E-state index in [2.05, 4.69) is 41.0 Å². The van der Waals surface area contributed by atoms with Gasteiger partial charge in [0.05, 0.1) is 12.7 Å². The molecule has 0 saturated carbocycles. The molecule has 1 aliphatic heterocycles. The molecule has 2 heterocycles. The average Bonchev–Trinajstić information content (AvgIpc) is 2.48. The van der Waals surface area contributed by atoms with Crippen LogP contribution in [0, 0.1) is 6.92 Å². The fourth-order valence-electron chi connectivity index (χ4n) is 2.34. The molecular formula is C15H25ClN4O. The highest BCUT2D eigenvalue weighted by molar-refractivity contribution is 6.30. The Bertz CT molecular complexity index is 481. The van der Waals surface area contributed by atoms with Crippen molar-refractivity contribution < 1.29 is 4.74 Å². The molecule has 1 aliphatic rings. The summed E-state index contributed by atoms with van der Waals surface area (Å²) in [6.45, 7) is 12.8. The summed E-state index contributed by atoms with van der Waals surface area (Å²) in [7, 11) is 0. The topological polar surface area (TPSA) is 50.3 Å². The Balaban J connectivity index is 2.02. The Labute approximate surface area is 132 Å². The summed E-state index contributed by atoms with van der Waals surface area (Å²) in [6, 6.07) is 0. The molecule has 6 heteroatoms. The Morgan fingerprint density at radius 3 is 2.86 bits per heavy atom. The Kier molecular flexibility index (Phi) is 5.79. The van der Waals surface area contributed by atoms with Crippen LogP contribution in [0.1, 0.15) is 38.1 Å². The molecule has 1 atom stereocenters. The summed E-state index contributed by atoms with van der Waals surface area (Å²) in [5.41, 5.74) is 0.893. The minimum atomic E-state index is 0.189. The number of hydrogen-bond donors (Lipinski definition) is 1. The second-order valence-electron chi connectivity index (χ2n) is 5.77. The van der Waals surface area contributed by atoms with Crippen molar-refractivity contribution in [3.05, 3.63) is 16.5 Å². The highest BCUT2D eigenvalue weighted by atomic mass is 35.5. The summed E-state index contributed by atoms with van der Waals surface area (Å²) in [5.74, 6) is 1.84. The van der Waals surface area contributed by atoms with Crippen LogP contribution in [0.2, 0.25) is 5.15 Å². The molecule has 1 fully saturated rings. The highest BCUT2D eigenvalue weighted by Crippen LogP contribution is 2.23. The molecule has 1 aromatic rings. The predicted molar refractivity (Wildman–Crippen MR) is 86.2 cm³/mol. The monoisotopic (exact) mass is 312 g/mol. The quantitative estimate of drug-likeness (QED) is 0.847. The number of halogens is 1. The third-order valence-corrected chi connectivity index (χ3v) is 4.16. The van der Waals surface area contributed by atoms with E-state index in [0.29, 0.717) is 5.15 Å². The maximum Gasteiger partial charge on any atom is 0.137 e. The molecule has 1 unspecified atom stereocenters. The van der Waals surface area contributed by atoms with E-state index in [4.69, 9.17) is 16.3 Å². The number of nitrogens with zero attached hydrogens (tertiary/aromatic N) is 3. The minimum absolute atomic E-state index is 0.189. The molecule has 0 amide bonds. The molecule has 2 rings (SSSR count). The molecule has 1 N–H and O–H groups in total. The van der Waals surface area contributed by atoms with Crippen LogP contribution in [-0.2, 0) is 4.74 Å². The average molecular weight is 313 g/mol.